The summed E-state index contributed by atoms with van der Waals surface area (Å²) in [6.07, 6.45) is 2.45. The minimum atomic E-state index is -0.799. The van der Waals surface area contributed by atoms with Gasteiger partial charge in [0.25, 0.3) is 0 Å². The maximum Gasteiger partial charge on any atom is 0.108 e. The molecule has 0 aliphatic heterocycles. The molecule has 0 amide bonds. The zero-order chi connectivity index (χ0) is 11.5. The predicted octanol–water partition coefficient (Wildman–Crippen LogP) is 2.40. The molecule has 82 valence electrons. The number of nitrogens with zero attached hydrogens (tertiary/aromatic N) is 1. The Bertz CT molecular complexity index is 488. The third kappa shape index (κ3) is 2.01. The third-order valence-corrected chi connectivity index (χ3v) is 2.71. The van der Waals surface area contributed by atoms with Crippen molar-refractivity contribution in [3.63, 3.8) is 0 Å². The zero-order valence-electron chi connectivity index (χ0n) is 8.47. The van der Waals surface area contributed by atoms with Crippen LogP contribution in [0.1, 0.15) is 17.2 Å². The number of hydrogen-bond donors (Lipinski definition) is 2. The number of pyridine rings is 1. The van der Waals surface area contributed by atoms with E-state index in [0.717, 1.165) is 0 Å². The number of nitrogen functional groups attached to an aromatic ring is 1. The molecule has 0 aliphatic rings. The molecule has 1 aromatic heterocycles. The topological polar surface area (TPSA) is 59.1 Å². The quantitative estimate of drug-likeness (QED) is 0.785. The highest BCUT2D eigenvalue weighted by Gasteiger charge is 2.14. The number of halogens is 1. The van der Waals surface area contributed by atoms with E-state index in [0.29, 0.717) is 21.8 Å². The summed E-state index contributed by atoms with van der Waals surface area (Å²) in [6.45, 7) is 0. The monoisotopic (exact) mass is 234 g/mol. The first-order valence-electron chi connectivity index (χ1n) is 4.82. The molecule has 0 radical (unpaired) electrons. The van der Waals surface area contributed by atoms with Crippen molar-refractivity contribution in [2.45, 2.75) is 6.10 Å². The van der Waals surface area contributed by atoms with E-state index in [4.69, 9.17) is 17.3 Å². The van der Waals surface area contributed by atoms with Crippen molar-refractivity contribution in [1.29, 1.82) is 0 Å². The van der Waals surface area contributed by atoms with Gasteiger partial charge in [0.05, 0.1) is 10.7 Å². The van der Waals surface area contributed by atoms with E-state index in [9.17, 15) is 5.11 Å². The molecule has 0 saturated carbocycles. The van der Waals surface area contributed by atoms with Crippen LogP contribution < -0.4 is 5.73 Å². The second-order valence-electron chi connectivity index (χ2n) is 3.43. The Labute approximate surface area is 98.5 Å². The second kappa shape index (κ2) is 4.51. The lowest BCUT2D eigenvalue weighted by atomic mass is 10.0. The highest BCUT2D eigenvalue weighted by Crippen LogP contribution is 2.30. The van der Waals surface area contributed by atoms with Crippen LogP contribution in [0, 0.1) is 0 Å². The second-order valence-corrected chi connectivity index (χ2v) is 3.84. The maximum atomic E-state index is 10.1. The maximum absolute atomic E-state index is 10.1. The van der Waals surface area contributed by atoms with Crippen molar-refractivity contribution < 1.29 is 5.11 Å². The fraction of sp³-hybridized carbons (Fsp3) is 0.0833. The first kappa shape index (κ1) is 10.9. The number of aromatic nitrogens is 1. The number of anilines is 1. The predicted molar refractivity (Wildman–Crippen MR) is 64.2 cm³/mol. The smallest absolute Gasteiger partial charge is 0.108 e. The molecule has 0 saturated heterocycles. The van der Waals surface area contributed by atoms with E-state index in [1.807, 2.05) is 0 Å². The van der Waals surface area contributed by atoms with Crippen LogP contribution in [0.15, 0.2) is 42.7 Å². The van der Waals surface area contributed by atoms with Crippen LogP contribution >= 0.6 is 11.6 Å². The normalized spacial score (nSPS) is 12.4. The number of para-hydroxylation sites is 1. The van der Waals surface area contributed by atoms with E-state index in [1.165, 1.54) is 0 Å². The van der Waals surface area contributed by atoms with Crippen molar-refractivity contribution in [2.24, 2.45) is 0 Å². The van der Waals surface area contributed by atoms with Gasteiger partial charge in [-0.25, -0.2) is 0 Å². The van der Waals surface area contributed by atoms with Gasteiger partial charge in [0.15, 0.2) is 0 Å². The Balaban J connectivity index is 2.42. The molecule has 3 nitrogen and oxygen atoms in total. The first-order valence-corrected chi connectivity index (χ1v) is 5.20. The molecule has 3 N–H and O–H groups in total. The lowest BCUT2D eigenvalue weighted by Crippen LogP contribution is -2.04. The highest BCUT2D eigenvalue weighted by molar-refractivity contribution is 6.33. The average Bonchev–Trinajstić information content (AvgIpc) is 2.33. The standard InChI is InChI=1S/C12H11ClN2O/c13-10-5-1-4-9(11(10)14)12(16)8-3-2-6-15-7-8/h1-7,12,16H,14H2. The fourth-order valence-electron chi connectivity index (χ4n) is 1.51. The van der Waals surface area contributed by atoms with Gasteiger partial charge in [0.1, 0.15) is 6.10 Å². The SMILES string of the molecule is Nc1c(Cl)cccc1C(O)c1cccnc1. The summed E-state index contributed by atoms with van der Waals surface area (Å²) in [5, 5.41) is 10.6. The molecule has 4 heteroatoms. The van der Waals surface area contributed by atoms with Gasteiger partial charge in [-0.2, -0.15) is 0 Å². The van der Waals surface area contributed by atoms with Crippen LogP contribution in [0.3, 0.4) is 0 Å². The van der Waals surface area contributed by atoms with Gasteiger partial charge in [0.2, 0.25) is 0 Å². The lowest BCUT2D eigenvalue weighted by Gasteiger charge is -2.14. The molecule has 0 spiro atoms. The van der Waals surface area contributed by atoms with Crippen LogP contribution in [0.5, 0.6) is 0 Å². The molecular formula is C12H11ClN2O. The molecular weight excluding hydrogens is 224 g/mol. The van der Waals surface area contributed by atoms with Gasteiger partial charge in [-0.15, -0.1) is 0 Å². The summed E-state index contributed by atoms with van der Waals surface area (Å²) >= 11 is 5.89. The molecule has 1 aromatic carbocycles. The van der Waals surface area contributed by atoms with E-state index in [1.54, 1.807) is 42.7 Å². The molecule has 0 aliphatic carbocycles. The van der Waals surface area contributed by atoms with E-state index in [-0.39, 0.29) is 0 Å². The lowest BCUT2D eigenvalue weighted by molar-refractivity contribution is 0.220. The zero-order valence-corrected chi connectivity index (χ0v) is 9.22. The van der Waals surface area contributed by atoms with Crippen LogP contribution in [-0.2, 0) is 0 Å². The van der Waals surface area contributed by atoms with Crippen LogP contribution in [0.4, 0.5) is 5.69 Å². The summed E-state index contributed by atoms with van der Waals surface area (Å²) in [4.78, 5) is 3.95. The highest BCUT2D eigenvalue weighted by atomic mass is 35.5. The Hall–Kier alpha value is -1.58. The molecule has 0 fully saturated rings. The molecule has 2 aromatic rings. The molecule has 1 unspecified atom stereocenters. The summed E-state index contributed by atoms with van der Waals surface area (Å²) in [5.41, 5.74) is 7.50. The Morgan fingerprint density at radius 1 is 1.25 bits per heavy atom. The number of aliphatic hydroxyl groups is 1. The van der Waals surface area contributed by atoms with Gasteiger partial charge < -0.3 is 10.8 Å². The number of rotatable bonds is 2. The largest absolute Gasteiger partial charge is 0.397 e. The number of hydrogen-bond acceptors (Lipinski definition) is 3. The summed E-state index contributed by atoms with van der Waals surface area (Å²) in [5.74, 6) is 0. The van der Waals surface area contributed by atoms with Gasteiger partial charge >= 0.3 is 0 Å². The minimum Gasteiger partial charge on any atom is -0.397 e. The summed E-state index contributed by atoms with van der Waals surface area (Å²) < 4.78 is 0. The van der Waals surface area contributed by atoms with E-state index < -0.39 is 6.10 Å². The summed E-state index contributed by atoms with van der Waals surface area (Å²) in [6, 6.07) is 8.75. The van der Waals surface area contributed by atoms with Crippen LogP contribution in [0.25, 0.3) is 0 Å². The number of benzene rings is 1. The molecule has 16 heavy (non-hydrogen) atoms. The molecule has 2 rings (SSSR count). The average molecular weight is 235 g/mol. The summed E-state index contributed by atoms with van der Waals surface area (Å²) in [7, 11) is 0. The minimum absolute atomic E-state index is 0.403. The van der Waals surface area contributed by atoms with Crippen LogP contribution in [-0.4, -0.2) is 10.1 Å². The van der Waals surface area contributed by atoms with E-state index >= 15 is 0 Å². The van der Waals surface area contributed by atoms with Crippen molar-refractivity contribution >= 4 is 17.3 Å². The number of aliphatic hydroxyl groups excluding tert-OH is 1. The van der Waals surface area contributed by atoms with Crippen molar-refractivity contribution in [1.82, 2.24) is 4.98 Å². The van der Waals surface area contributed by atoms with Gasteiger partial charge in [-0.3, -0.25) is 4.98 Å². The first-order chi connectivity index (χ1) is 7.70. The third-order valence-electron chi connectivity index (χ3n) is 2.38. The fourth-order valence-corrected chi connectivity index (χ4v) is 1.69. The van der Waals surface area contributed by atoms with Gasteiger partial charge in [0, 0.05) is 23.5 Å². The Morgan fingerprint density at radius 2 is 2.06 bits per heavy atom. The van der Waals surface area contributed by atoms with Gasteiger partial charge in [-0.05, 0) is 12.1 Å². The molecule has 1 atom stereocenters. The van der Waals surface area contributed by atoms with E-state index in [2.05, 4.69) is 4.98 Å². The van der Waals surface area contributed by atoms with Crippen molar-refractivity contribution in [2.75, 3.05) is 5.73 Å². The molecule has 0 bridgehead atoms. The van der Waals surface area contributed by atoms with Crippen molar-refractivity contribution in [3.05, 3.63) is 58.9 Å². The Morgan fingerprint density at radius 3 is 2.75 bits per heavy atom. The van der Waals surface area contributed by atoms with Crippen LogP contribution in [0.2, 0.25) is 5.02 Å². The van der Waals surface area contributed by atoms with Crippen molar-refractivity contribution in [3.8, 4) is 0 Å². The molecule has 1 heterocycles. The number of nitrogens with two attached hydrogens (primary N) is 1. The Kier molecular flexibility index (Phi) is 3.08. The van der Waals surface area contributed by atoms with Gasteiger partial charge in [-0.1, -0.05) is 29.8 Å².